The van der Waals surface area contributed by atoms with Crippen LogP contribution >= 0.6 is 12.2 Å². The molecule has 0 saturated heterocycles. The van der Waals surface area contributed by atoms with Crippen molar-refractivity contribution in [3.63, 3.8) is 0 Å². The zero-order chi connectivity index (χ0) is 10.6. The quantitative estimate of drug-likeness (QED) is 0.325. The Labute approximate surface area is 83.7 Å². The maximum absolute atomic E-state index is 10.4. The van der Waals surface area contributed by atoms with Crippen LogP contribution < -0.4 is 11.2 Å². The second-order valence-electron chi connectivity index (χ2n) is 2.16. The van der Waals surface area contributed by atoms with E-state index in [2.05, 4.69) is 22.7 Å². The van der Waals surface area contributed by atoms with Gasteiger partial charge >= 0.3 is 5.69 Å². The van der Waals surface area contributed by atoms with E-state index in [1.165, 1.54) is 12.3 Å². The third-order valence-electron chi connectivity index (χ3n) is 1.23. The van der Waals surface area contributed by atoms with E-state index in [0.717, 1.165) is 6.21 Å². The lowest BCUT2D eigenvalue weighted by molar-refractivity contribution is -0.385. The topological polar surface area (TPSA) is 107 Å². The minimum atomic E-state index is -0.578. The molecule has 0 aliphatic carbocycles. The summed E-state index contributed by atoms with van der Waals surface area (Å²) < 4.78 is 4.79. The molecule has 1 rings (SSSR count). The lowest BCUT2D eigenvalue weighted by Crippen LogP contribution is -2.23. The summed E-state index contributed by atoms with van der Waals surface area (Å²) in [7, 11) is 0. The Morgan fingerprint density at radius 3 is 3.14 bits per heavy atom. The van der Waals surface area contributed by atoms with Gasteiger partial charge in [-0.1, -0.05) is 0 Å². The predicted molar refractivity (Wildman–Crippen MR) is 52.9 cm³/mol. The molecule has 74 valence electrons. The van der Waals surface area contributed by atoms with Crippen molar-refractivity contribution in [1.29, 1.82) is 0 Å². The summed E-state index contributed by atoms with van der Waals surface area (Å²) in [5.41, 5.74) is 7.15. The van der Waals surface area contributed by atoms with Crippen LogP contribution in [0.25, 0.3) is 0 Å². The molecule has 0 aliphatic heterocycles. The second-order valence-corrected chi connectivity index (χ2v) is 2.60. The van der Waals surface area contributed by atoms with E-state index in [4.69, 9.17) is 10.2 Å². The Morgan fingerprint density at radius 2 is 2.57 bits per heavy atom. The van der Waals surface area contributed by atoms with Crippen molar-refractivity contribution in [2.45, 2.75) is 0 Å². The molecule has 0 unspecified atom stereocenters. The Hall–Kier alpha value is -1.96. The number of furan rings is 1. The Balaban J connectivity index is 2.76. The number of thiocarbonyl (C=S) groups is 1. The lowest BCUT2D eigenvalue weighted by Gasteiger charge is -1.91. The molecule has 0 aliphatic rings. The molecule has 1 heterocycles. The molecule has 0 saturated carbocycles. The molecule has 0 radical (unpaired) electrons. The number of nitrogens with two attached hydrogens (primary N) is 1. The van der Waals surface area contributed by atoms with Gasteiger partial charge in [0.2, 0.25) is 5.76 Å². The molecule has 14 heavy (non-hydrogen) atoms. The molecule has 1 aromatic rings. The predicted octanol–water partition coefficient (Wildman–Crippen LogP) is 0.355. The van der Waals surface area contributed by atoms with Gasteiger partial charge in [0.1, 0.15) is 0 Å². The number of hydrogen-bond donors (Lipinski definition) is 2. The molecule has 0 amide bonds. The minimum absolute atomic E-state index is 0.0266. The van der Waals surface area contributed by atoms with Crippen molar-refractivity contribution in [3.05, 3.63) is 28.2 Å². The van der Waals surface area contributed by atoms with Crippen LogP contribution in [0.2, 0.25) is 0 Å². The van der Waals surface area contributed by atoms with Crippen LogP contribution in [0.1, 0.15) is 5.76 Å². The molecule has 8 heteroatoms. The number of nitro groups is 1. The van der Waals surface area contributed by atoms with Gasteiger partial charge in [-0.15, -0.1) is 0 Å². The zero-order valence-electron chi connectivity index (χ0n) is 6.84. The standard InChI is InChI=1S/C6H6N4O3S/c7-6(14)9-8-3-5-4(10(11)12)1-2-13-5/h1-3H,(H3,7,9,14)/b8-3+. The number of hydrogen-bond acceptors (Lipinski definition) is 5. The van der Waals surface area contributed by atoms with Gasteiger partial charge in [0.05, 0.1) is 23.5 Å². The molecule has 3 N–H and O–H groups in total. The highest BCUT2D eigenvalue weighted by Gasteiger charge is 2.14. The largest absolute Gasteiger partial charge is 0.456 e. The maximum atomic E-state index is 10.4. The summed E-state index contributed by atoms with van der Waals surface area (Å²) in [6.45, 7) is 0. The Kier molecular flexibility index (Phi) is 3.13. The van der Waals surface area contributed by atoms with Gasteiger partial charge in [-0.05, 0) is 12.2 Å². The average molecular weight is 214 g/mol. The average Bonchev–Trinajstić information content (AvgIpc) is 2.51. The van der Waals surface area contributed by atoms with Crippen LogP contribution in [0, 0.1) is 10.1 Å². The number of nitrogens with one attached hydrogen (secondary N) is 1. The van der Waals surface area contributed by atoms with E-state index in [1.54, 1.807) is 0 Å². The molecule has 0 fully saturated rings. The molecule has 1 aromatic heterocycles. The fourth-order valence-corrected chi connectivity index (χ4v) is 0.769. The highest BCUT2D eigenvalue weighted by atomic mass is 32.1. The van der Waals surface area contributed by atoms with E-state index < -0.39 is 4.92 Å². The third-order valence-corrected chi connectivity index (χ3v) is 1.32. The minimum Gasteiger partial charge on any atom is -0.456 e. The monoisotopic (exact) mass is 214 g/mol. The number of hydrazone groups is 1. The fraction of sp³-hybridized carbons (Fsp3) is 0. The Morgan fingerprint density at radius 1 is 1.86 bits per heavy atom. The fourth-order valence-electron chi connectivity index (χ4n) is 0.716. The van der Waals surface area contributed by atoms with Gasteiger partial charge < -0.3 is 10.2 Å². The first-order valence-electron chi connectivity index (χ1n) is 3.41. The van der Waals surface area contributed by atoms with E-state index in [0.29, 0.717) is 0 Å². The molecule has 7 nitrogen and oxygen atoms in total. The highest BCUT2D eigenvalue weighted by molar-refractivity contribution is 7.80. The van der Waals surface area contributed by atoms with Gasteiger partial charge in [0, 0.05) is 0 Å². The first-order valence-corrected chi connectivity index (χ1v) is 3.82. The second kappa shape index (κ2) is 4.33. The van der Waals surface area contributed by atoms with Gasteiger partial charge in [0.15, 0.2) is 5.11 Å². The lowest BCUT2D eigenvalue weighted by atomic mass is 10.4. The highest BCUT2D eigenvalue weighted by Crippen LogP contribution is 2.16. The summed E-state index contributed by atoms with van der Waals surface area (Å²) >= 11 is 4.46. The number of rotatable bonds is 3. The van der Waals surface area contributed by atoms with E-state index >= 15 is 0 Å². The molecule has 0 spiro atoms. The first-order chi connectivity index (χ1) is 6.61. The van der Waals surface area contributed by atoms with Crippen molar-refractivity contribution in [2.75, 3.05) is 0 Å². The molecule has 0 aromatic carbocycles. The Bertz CT molecular complexity index is 386. The van der Waals surface area contributed by atoms with E-state index in [1.807, 2.05) is 0 Å². The van der Waals surface area contributed by atoms with Crippen LogP contribution in [0.15, 0.2) is 21.8 Å². The van der Waals surface area contributed by atoms with Crippen LogP contribution in [0.4, 0.5) is 5.69 Å². The summed E-state index contributed by atoms with van der Waals surface area (Å²) in [5.74, 6) is 0.0266. The SMILES string of the molecule is NC(=S)N/N=C/c1occc1[N+](=O)[O-]. The molecule has 0 atom stereocenters. The normalized spacial score (nSPS) is 10.3. The summed E-state index contributed by atoms with van der Waals surface area (Å²) in [6.07, 6.45) is 2.32. The van der Waals surface area contributed by atoms with E-state index in [9.17, 15) is 10.1 Å². The molecule has 0 bridgehead atoms. The van der Waals surface area contributed by atoms with Gasteiger partial charge in [-0.25, -0.2) is 0 Å². The summed E-state index contributed by atoms with van der Waals surface area (Å²) in [6, 6.07) is 1.22. The van der Waals surface area contributed by atoms with Gasteiger partial charge in [-0.3, -0.25) is 15.5 Å². The van der Waals surface area contributed by atoms with Gasteiger partial charge in [-0.2, -0.15) is 5.10 Å². The van der Waals surface area contributed by atoms with Crippen molar-refractivity contribution >= 4 is 29.2 Å². The van der Waals surface area contributed by atoms with Crippen molar-refractivity contribution in [2.24, 2.45) is 10.8 Å². The zero-order valence-corrected chi connectivity index (χ0v) is 7.65. The van der Waals surface area contributed by atoms with Crippen LogP contribution in [-0.4, -0.2) is 16.3 Å². The van der Waals surface area contributed by atoms with Crippen molar-refractivity contribution in [1.82, 2.24) is 5.43 Å². The number of nitrogens with zero attached hydrogens (tertiary/aromatic N) is 2. The van der Waals surface area contributed by atoms with Crippen molar-refractivity contribution in [3.8, 4) is 0 Å². The van der Waals surface area contributed by atoms with Crippen molar-refractivity contribution < 1.29 is 9.34 Å². The van der Waals surface area contributed by atoms with Crippen LogP contribution in [0.5, 0.6) is 0 Å². The first kappa shape index (κ1) is 10.1. The maximum Gasteiger partial charge on any atom is 0.316 e. The molecular weight excluding hydrogens is 208 g/mol. The van der Waals surface area contributed by atoms with Gasteiger partial charge in [0.25, 0.3) is 0 Å². The van der Waals surface area contributed by atoms with E-state index in [-0.39, 0.29) is 16.6 Å². The van der Waals surface area contributed by atoms with Crippen LogP contribution in [-0.2, 0) is 0 Å². The summed E-state index contributed by atoms with van der Waals surface area (Å²) in [4.78, 5) is 9.82. The summed E-state index contributed by atoms with van der Waals surface area (Å²) in [5, 5.41) is 13.9. The third kappa shape index (κ3) is 2.52. The smallest absolute Gasteiger partial charge is 0.316 e. The molecular formula is C6H6N4O3S. The van der Waals surface area contributed by atoms with Crippen LogP contribution in [0.3, 0.4) is 0 Å².